The molecule has 0 aliphatic heterocycles. The zero-order chi connectivity index (χ0) is 21.9. The van der Waals surface area contributed by atoms with Gasteiger partial charge < -0.3 is 0 Å². The van der Waals surface area contributed by atoms with Gasteiger partial charge in [-0.05, 0) is 0 Å². The second-order valence-corrected chi connectivity index (χ2v) is 13.9. The Hall–Kier alpha value is -1.78. The molecular weight excluding hydrogens is 493 g/mol. The molecule has 0 atom stereocenters. The van der Waals surface area contributed by atoms with Gasteiger partial charge in [0.2, 0.25) is 0 Å². The van der Waals surface area contributed by atoms with Gasteiger partial charge in [-0.1, -0.05) is 0 Å². The number of nitrogens with zero attached hydrogens (tertiary/aromatic N) is 3. The van der Waals surface area contributed by atoms with Crippen LogP contribution >= 0.6 is 8.58 Å². The summed E-state index contributed by atoms with van der Waals surface area (Å²) in [5.41, 5.74) is 7.45. The van der Waals surface area contributed by atoms with Crippen LogP contribution in [0.15, 0.2) is 72.8 Å². The van der Waals surface area contributed by atoms with E-state index in [-0.39, 0.29) is 3.17 Å². The minimum atomic E-state index is -1.80. The van der Waals surface area contributed by atoms with Gasteiger partial charge >= 0.3 is 197 Å². The van der Waals surface area contributed by atoms with Gasteiger partial charge in [-0.2, -0.15) is 0 Å². The summed E-state index contributed by atoms with van der Waals surface area (Å²) < 4.78 is -0.218. The molecule has 3 rings (SSSR count). The van der Waals surface area contributed by atoms with Crippen molar-refractivity contribution in [3.63, 3.8) is 0 Å². The first-order valence-corrected chi connectivity index (χ1v) is 17.3. The van der Waals surface area contributed by atoms with Crippen molar-refractivity contribution in [2.45, 2.75) is 3.17 Å². The third kappa shape index (κ3) is 4.45. The maximum atomic E-state index is 7.01. The van der Waals surface area contributed by atoms with Gasteiger partial charge in [-0.3, -0.25) is 0 Å². The number of hydrogen-bond donors (Lipinski definition) is 0. The number of halogens is 1. The van der Waals surface area contributed by atoms with Gasteiger partial charge in [-0.15, -0.1) is 0 Å². The zero-order valence-electron chi connectivity index (χ0n) is 18.9. The zero-order valence-corrected chi connectivity index (χ0v) is 23.6. The van der Waals surface area contributed by atoms with Crippen LogP contribution in [0.3, 0.4) is 0 Å². The number of anilines is 3. The van der Waals surface area contributed by atoms with Gasteiger partial charge in [0.15, 0.2) is 0 Å². The van der Waals surface area contributed by atoms with E-state index in [0.29, 0.717) is 0 Å². The summed E-state index contributed by atoms with van der Waals surface area (Å²) in [6.07, 6.45) is 0. The molecule has 30 heavy (non-hydrogen) atoms. The summed E-state index contributed by atoms with van der Waals surface area (Å²) in [6, 6.07) is 26.7. The van der Waals surface area contributed by atoms with Crippen molar-refractivity contribution in [3.8, 4) is 0 Å². The molecule has 0 unspecified atom stereocenters. The van der Waals surface area contributed by atoms with E-state index in [4.69, 9.17) is 8.58 Å². The van der Waals surface area contributed by atoms with Crippen LogP contribution in [0.25, 0.3) is 0 Å². The Kier molecular flexibility index (Phi) is 7.30. The summed E-state index contributed by atoms with van der Waals surface area (Å²) >= 11 is -1.80. The van der Waals surface area contributed by atoms with Crippen LogP contribution in [0.2, 0.25) is 0 Å². The molecule has 0 amide bonds. The molecule has 0 aromatic heterocycles. The van der Waals surface area contributed by atoms with Gasteiger partial charge in [0.25, 0.3) is 0 Å². The minimum absolute atomic E-state index is 0.218. The number of benzene rings is 3. The molecule has 0 aliphatic rings. The Morgan fingerprint density at radius 2 is 0.733 bits per heavy atom. The standard InChI is InChI=1S/C25H30N3.ClH.In.H/c1-26(2)22-13-7-19(8-14-22)25(20-9-15-23(16-10-20)27(3)4)21-11-17-24(18-12-21)28(5)6;;;/h7-18H,1-6H3;1H;;/q;;+1;/p-1. The van der Waals surface area contributed by atoms with Gasteiger partial charge in [-0.25, -0.2) is 0 Å². The van der Waals surface area contributed by atoms with Crippen LogP contribution in [-0.2, 0) is 3.17 Å². The maximum absolute atomic E-state index is 7.01. The van der Waals surface area contributed by atoms with Crippen molar-refractivity contribution in [3.05, 3.63) is 89.5 Å². The quantitative estimate of drug-likeness (QED) is 0.413. The van der Waals surface area contributed by atoms with Crippen molar-refractivity contribution >= 4 is 47.4 Å². The molecule has 5 heteroatoms. The monoisotopic (exact) mass is 523 g/mol. The Morgan fingerprint density at radius 1 is 0.500 bits per heavy atom. The average molecular weight is 524 g/mol. The van der Waals surface area contributed by atoms with E-state index in [1.807, 2.05) is 0 Å². The number of hydrogen-bond acceptors (Lipinski definition) is 3. The molecule has 0 heterocycles. The molecule has 0 saturated heterocycles. The van der Waals surface area contributed by atoms with Crippen LogP contribution in [0.1, 0.15) is 16.7 Å². The van der Waals surface area contributed by atoms with Crippen molar-refractivity contribution in [2.75, 3.05) is 57.0 Å². The first-order valence-electron chi connectivity index (χ1n) is 10.2. The van der Waals surface area contributed by atoms with Gasteiger partial charge in [0.1, 0.15) is 0 Å². The molecule has 0 spiro atoms. The summed E-state index contributed by atoms with van der Waals surface area (Å²) in [6.45, 7) is 0. The van der Waals surface area contributed by atoms with E-state index < -0.39 is 21.7 Å². The van der Waals surface area contributed by atoms with E-state index in [1.54, 1.807) is 0 Å². The molecule has 156 valence electrons. The van der Waals surface area contributed by atoms with Crippen molar-refractivity contribution in [2.24, 2.45) is 0 Å². The van der Waals surface area contributed by atoms with Crippen LogP contribution in [0.5, 0.6) is 0 Å². The van der Waals surface area contributed by atoms with E-state index in [0.717, 1.165) is 0 Å². The van der Waals surface area contributed by atoms with Crippen LogP contribution in [-0.4, -0.2) is 64.0 Å². The van der Waals surface area contributed by atoms with Crippen molar-refractivity contribution < 1.29 is 0 Å². The predicted octanol–water partition coefficient (Wildman–Crippen LogP) is 4.77. The first kappa shape index (κ1) is 22.9. The second kappa shape index (κ2) is 9.57. The van der Waals surface area contributed by atoms with Crippen LogP contribution in [0.4, 0.5) is 17.1 Å². The predicted molar refractivity (Wildman–Crippen MR) is 135 cm³/mol. The summed E-state index contributed by atoms with van der Waals surface area (Å²) in [4.78, 5) is 6.40. The third-order valence-electron chi connectivity index (χ3n) is 5.83. The fraction of sp³-hybridized carbons (Fsp3) is 0.280. The fourth-order valence-corrected chi connectivity index (χ4v) is 10.3. The molecule has 3 nitrogen and oxygen atoms in total. The Balaban J connectivity index is 2.20. The topological polar surface area (TPSA) is 9.72 Å². The van der Waals surface area contributed by atoms with E-state index >= 15 is 0 Å². The Labute approximate surface area is 196 Å². The van der Waals surface area contributed by atoms with Crippen molar-refractivity contribution in [1.29, 1.82) is 0 Å². The molecule has 3 aromatic rings. The van der Waals surface area contributed by atoms with Crippen LogP contribution < -0.4 is 14.7 Å². The van der Waals surface area contributed by atoms with Gasteiger partial charge in [0.05, 0.1) is 0 Å². The molecule has 0 radical (unpaired) electrons. The van der Waals surface area contributed by atoms with E-state index in [9.17, 15) is 0 Å². The molecule has 0 saturated carbocycles. The molecule has 0 fully saturated rings. The molecule has 0 aliphatic carbocycles. The number of rotatable bonds is 7. The van der Waals surface area contributed by atoms with E-state index in [1.165, 1.54) is 33.8 Å². The third-order valence-corrected chi connectivity index (χ3v) is 13.2. The molecule has 0 bridgehead atoms. The average Bonchev–Trinajstić information content (AvgIpc) is 2.75. The summed E-state index contributed by atoms with van der Waals surface area (Å²) in [7, 11) is 19.4. The second-order valence-electron chi connectivity index (χ2n) is 8.36. The van der Waals surface area contributed by atoms with Gasteiger partial charge in [0, 0.05) is 0 Å². The molecule has 0 N–H and O–H groups in total. The SMILES string of the molecule is CN(C)c1ccc([C]([InH][Cl])(c2ccc(N(C)C)cc2)c2ccc(N(C)C)cc2)cc1. The molecular formula is C25H31ClInN3. The van der Waals surface area contributed by atoms with E-state index in [2.05, 4.69) is 130 Å². The summed E-state index contributed by atoms with van der Waals surface area (Å²) in [5.74, 6) is 0. The Bertz CT molecular complexity index is 824. The fourth-order valence-electron chi connectivity index (χ4n) is 3.86. The molecule has 3 aromatic carbocycles. The summed E-state index contributed by atoms with van der Waals surface area (Å²) in [5, 5.41) is 0. The van der Waals surface area contributed by atoms with Crippen LogP contribution in [0, 0.1) is 0 Å². The van der Waals surface area contributed by atoms with Crippen molar-refractivity contribution in [1.82, 2.24) is 0 Å². The Morgan fingerprint density at radius 3 is 0.900 bits per heavy atom. The first-order chi connectivity index (χ1) is 14.3. The normalized spacial score (nSPS) is 11.2.